The van der Waals surface area contributed by atoms with E-state index in [2.05, 4.69) is 34.3 Å². The number of hydrogen-bond donors (Lipinski definition) is 2. The van der Waals surface area contributed by atoms with Crippen LogP contribution in [0.4, 0.5) is 0 Å². The van der Waals surface area contributed by atoms with Crippen LogP contribution in [0.1, 0.15) is 18.9 Å². The van der Waals surface area contributed by atoms with E-state index in [0.717, 1.165) is 32.6 Å². The van der Waals surface area contributed by atoms with Crippen LogP contribution < -0.4 is 5.32 Å². The molecule has 2 heterocycles. The number of hydrogen-bond acceptors (Lipinski definition) is 4. The van der Waals surface area contributed by atoms with Crippen molar-refractivity contribution in [3.05, 3.63) is 30.1 Å². The van der Waals surface area contributed by atoms with Crippen LogP contribution in [-0.4, -0.2) is 47.3 Å². The molecule has 18 heavy (non-hydrogen) atoms. The first-order chi connectivity index (χ1) is 8.78. The summed E-state index contributed by atoms with van der Waals surface area (Å²) in [5.74, 6) is 0.649. The van der Waals surface area contributed by atoms with E-state index >= 15 is 0 Å². The molecule has 1 aromatic rings. The number of pyridine rings is 1. The molecule has 0 amide bonds. The van der Waals surface area contributed by atoms with Crippen molar-refractivity contribution in [2.45, 2.75) is 25.9 Å². The molecule has 4 heteroatoms. The summed E-state index contributed by atoms with van der Waals surface area (Å²) in [6.07, 6.45) is 4.53. The Morgan fingerprint density at radius 1 is 1.39 bits per heavy atom. The second-order valence-electron chi connectivity index (χ2n) is 5.27. The maximum atomic E-state index is 9.09. The highest BCUT2D eigenvalue weighted by atomic mass is 16.3. The number of nitrogens with zero attached hydrogens (tertiary/aromatic N) is 2. The zero-order valence-corrected chi connectivity index (χ0v) is 11.0. The van der Waals surface area contributed by atoms with Crippen LogP contribution >= 0.6 is 0 Å². The van der Waals surface area contributed by atoms with E-state index in [-0.39, 0.29) is 6.61 Å². The van der Waals surface area contributed by atoms with Crippen LogP contribution in [0, 0.1) is 5.92 Å². The summed E-state index contributed by atoms with van der Waals surface area (Å²) in [4.78, 5) is 6.52. The van der Waals surface area contributed by atoms with Gasteiger partial charge >= 0.3 is 0 Å². The number of rotatable bonds is 4. The first-order valence-corrected chi connectivity index (χ1v) is 6.73. The standard InChI is InChI=1S/C14H23N3O/c1-12-8-16-14(4-7-18)11-17(9-12)10-13-2-5-15-6-3-13/h2-3,5-6,12,14,16,18H,4,7-11H2,1H3. The minimum atomic E-state index is 0.259. The van der Waals surface area contributed by atoms with Crippen molar-refractivity contribution >= 4 is 0 Å². The highest BCUT2D eigenvalue weighted by molar-refractivity contribution is 5.09. The number of aromatic nitrogens is 1. The molecule has 4 nitrogen and oxygen atoms in total. The molecule has 1 saturated heterocycles. The summed E-state index contributed by atoms with van der Waals surface area (Å²) >= 11 is 0. The zero-order chi connectivity index (χ0) is 12.8. The Hall–Kier alpha value is -0.970. The molecule has 0 saturated carbocycles. The highest BCUT2D eigenvalue weighted by Gasteiger charge is 2.20. The summed E-state index contributed by atoms with van der Waals surface area (Å²) < 4.78 is 0. The topological polar surface area (TPSA) is 48.4 Å². The lowest BCUT2D eigenvalue weighted by Gasteiger charge is -2.24. The molecule has 1 aromatic heterocycles. The quantitative estimate of drug-likeness (QED) is 0.831. The summed E-state index contributed by atoms with van der Waals surface area (Å²) in [7, 11) is 0. The second kappa shape index (κ2) is 6.83. The first kappa shape index (κ1) is 13.5. The molecule has 0 aliphatic carbocycles. The van der Waals surface area contributed by atoms with Crippen molar-refractivity contribution in [2.24, 2.45) is 5.92 Å². The Morgan fingerprint density at radius 3 is 2.89 bits per heavy atom. The van der Waals surface area contributed by atoms with Crippen LogP contribution in [0.3, 0.4) is 0 Å². The van der Waals surface area contributed by atoms with Gasteiger partial charge in [0.25, 0.3) is 0 Å². The Kier molecular flexibility index (Phi) is 5.11. The maximum absolute atomic E-state index is 9.09. The molecule has 1 fully saturated rings. The SMILES string of the molecule is CC1CNC(CCO)CN(Cc2ccncc2)C1. The van der Waals surface area contributed by atoms with Crippen LogP contribution in [0.25, 0.3) is 0 Å². The third-order valence-electron chi connectivity index (χ3n) is 3.44. The first-order valence-electron chi connectivity index (χ1n) is 6.73. The molecule has 0 bridgehead atoms. The molecule has 0 radical (unpaired) electrons. The lowest BCUT2D eigenvalue weighted by Crippen LogP contribution is -2.38. The molecule has 1 aliphatic heterocycles. The average molecular weight is 249 g/mol. The van der Waals surface area contributed by atoms with Gasteiger partial charge in [0, 0.05) is 44.7 Å². The summed E-state index contributed by atoms with van der Waals surface area (Å²) in [5.41, 5.74) is 1.31. The lowest BCUT2D eigenvalue weighted by molar-refractivity contribution is 0.215. The van der Waals surface area contributed by atoms with Crippen molar-refractivity contribution in [3.63, 3.8) is 0 Å². The van der Waals surface area contributed by atoms with Gasteiger partial charge in [0.2, 0.25) is 0 Å². The molecule has 2 N–H and O–H groups in total. The number of nitrogens with one attached hydrogen (secondary N) is 1. The van der Waals surface area contributed by atoms with Gasteiger partial charge in [-0.3, -0.25) is 9.88 Å². The molecular weight excluding hydrogens is 226 g/mol. The van der Waals surface area contributed by atoms with Crippen LogP contribution in [0.15, 0.2) is 24.5 Å². The third-order valence-corrected chi connectivity index (χ3v) is 3.44. The summed E-state index contributed by atoms with van der Waals surface area (Å²) in [5, 5.41) is 12.6. The Labute approximate surface area is 109 Å². The summed E-state index contributed by atoms with van der Waals surface area (Å²) in [6, 6.07) is 4.55. The fourth-order valence-corrected chi connectivity index (χ4v) is 2.55. The predicted molar refractivity (Wildman–Crippen MR) is 72.2 cm³/mol. The number of aliphatic hydroxyl groups excluding tert-OH is 1. The zero-order valence-electron chi connectivity index (χ0n) is 11.0. The van der Waals surface area contributed by atoms with Crippen molar-refractivity contribution in [1.82, 2.24) is 15.2 Å². The van der Waals surface area contributed by atoms with E-state index < -0.39 is 0 Å². The van der Waals surface area contributed by atoms with Gasteiger partial charge in [-0.2, -0.15) is 0 Å². The van der Waals surface area contributed by atoms with Crippen LogP contribution in [0.5, 0.6) is 0 Å². The van der Waals surface area contributed by atoms with E-state index in [1.54, 1.807) is 0 Å². The van der Waals surface area contributed by atoms with Gasteiger partial charge in [-0.15, -0.1) is 0 Å². The van der Waals surface area contributed by atoms with Gasteiger partial charge in [-0.05, 0) is 36.6 Å². The van der Waals surface area contributed by atoms with Crippen molar-refractivity contribution in [3.8, 4) is 0 Å². The molecule has 0 aromatic carbocycles. The van der Waals surface area contributed by atoms with Gasteiger partial charge in [0.15, 0.2) is 0 Å². The molecule has 100 valence electrons. The van der Waals surface area contributed by atoms with Crippen LogP contribution in [-0.2, 0) is 6.54 Å². The fourth-order valence-electron chi connectivity index (χ4n) is 2.55. The minimum Gasteiger partial charge on any atom is -0.396 e. The molecule has 2 atom stereocenters. The smallest absolute Gasteiger partial charge is 0.0446 e. The minimum absolute atomic E-state index is 0.259. The second-order valence-corrected chi connectivity index (χ2v) is 5.27. The largest absolute Gasteiger partial charge is 0.396 e. The van der Waals surface area contributed by atoms with Gasteiger partial charge in [-0.1, -0.05) is 6.92 Å². The lowest BCUT2D eigenvalue weighted by atomic mass is 10.1. The van der Waals surface area contributed by atoms with Crippen molar-refractivity contribution in [1.29, 1.82) is 0 Å². The monoisotopic (exact) mass is 249 g/mol. The normalized spacial score (nSPS) is 25.9. The van der Waals surface area contributed by atoms with Crippen LogP contribution in [0.2, 0.25) is 0 Å². The Morgan fingerprint density at radius 2 is 2.17 bits per heavy atom. The van der Waals surface area contributed by atoms with E-state index in [4.69, 9.17) is 5.11 Å². The van der Waals surface area contributed by atoms with Crippen molar-refractivity contribution in [2.75, 3.05) is 26.2 Å². The molecular formula is C14H23N3O. The third kappa shape index (κ3) is 4.05. The molecule has 2 unspecified atom stereocenters. The van der Waals surface area contributed by atoms with E-state index in [9.17, 15) is 0 Å². The number of aliphatic hydroxyl groups is 1. The molecule has 1 aliphatic rings. The Bertz CT molecular complexity index is 344. The molecule has 0 spiro atoms. The fraction of sp³-hybridized carbons (Fsp3) is 0.643. The van der Waals surface area contributed by atoms with Gasteiger partial charge < -0.3 is 10.4 Å². The summed E-state index contributed by atoms with van der Waals surface area (Å²) in [6.45, 7) is 6.65. The predicted octanol–water partition coefficient (Wildman–Crippen LogP) is 0.874. The maximum Gasteiger partial charge on any atom is 0.0446 e. The van der Waals surface area contributed by atoms with Gasteiger partial charge in [0.05, 0.1) is 0 Å². The Balaban J connectivity index is 1.96. The average Bonchev–Trinajstić information content (AvgIpc) is 2.53. The van der Waals surface area contributed by atoms with E-state index in [1.807, 2.05) is 12.4 Å². The van der Waals surface area contributed by atoms with Gasteiger partial charge in [0.1, 0.15) is 0 Å². The highest BCUT2D eigenvalue weighted by Crippen LogP contribution is 2.11. The molecule has 2 rings (SSSR count). The van der Waals surface area contributed by atoms with Gasteiger partial charge in [-0.25, -0.2) is 0 Å². The van der Waals surface area contributed by atoms with Crippen molar-refractivity contribution < 1.29 is 5.11 Å². The van der Waals surface area contributed by atoms with E-state index in [1.165, 1.54) is 5.56 Å². The van der Waals surface area contributed by atoms with E-state index in [0.29, 0.717) is 12.0 Å².